The van der Waals surface area contributed by atoms with Crippen LogP contribution in [0.3, 0.4) is 0 Å². The van der Waals surface area contributed by atoms with Gasteiger partial charge in [-0.25, -0.2) is 0 Å². The minimum atomic E-state index is -0.208. The third-order valence-electron chi connectivity index (χ3n) is 2.34. The summed E-state index contributed by atoms with van der Waals surface area (Å²) in [4.78, 5) is 11.4. The van der Waals surface area contributed by atoms with Crippen LogP contribution < -0.4 is 0 Å². The van der Waals surface area contributed by atoms with Gasteiger partial charge in [0, 0.05) is 16.2 Å². The lowest BCUT2D eigenvalue weighted by Gasteiger charge is -2.05. The van der Waals surface area contributed by atoms with Gasteiger partial charge in [0.15, 0.2) is 0 Å². The maximum absolute atomic E-state index is 11.4. The van der Waals surface area contributed by atoms with Gasteiger partial charge in [-0.05, 0) is 30.5 Å². The molecule has 2 rings (SSSR count). The van der Waals surface area contributed by atoms with Gasteiger partial charge in [0.1, 0.15) is 6.54 Å². The van der Waals surface area contributed by atoms with Crippen LogP contribution in [0.2, 0.25) is 0 Å². The highest BCUT2D eigenvalue weighted by Crippen LogP contribution is 2.20. The Bertz CT molecular complexity index is 519. The lowest BCUT2D eigenvalue weighted by molar-refractivity contribution is -0.143. The Morgan fingerprint density at radius 3 is 3.00 bits per heavy atom. The number of ether oxygens (including phenoxy) is 1. The van der Waals surface area contributed by atoms with Gasteiger partial charge in [-0.15, -0.1) is 0 Å². The molecular formula is C12H12BrNO2. The predicted octanol–water partition coefficient (Wildman–Crippen LogP) is 2.97. The molecule has 1 aromatic carbocycles. The van der Waals surface area contributed by atoms with Gasteiger partial charge in [0.05, 0.1) is 6.61 Å². The van der Waals surface area contributed by atoms with Crippen molar-refractivity contribution >= 4 is 32.8 Å². The average molecular weight is 282 g/mol. The number of carbonyl (C=O) groups is 1. The van der Waals surface area contributed by atoms with E-state index in [1.807, 2.05) is 42.0 Å². The molecule has 0 N–H and O–H groups in total. The highest BCUT2D eigenvalue weighted by Gasteiger charge is 2.06. The second kappa shape index (κ2) is 4.70. The van der Waals surface area contributed by atoms with Crippen molar-refractivity contribution in [1.82, 2.24) is 4.57 Å². The van der Waals surface area contributed by atoms with E-state index in [4.69, 9.17) is 4.74 Å². The fraction of sp³-hybridized carbons (Fsp3) is 0.250. The first-order valence-corrected chi connectivity index (χ1v) is 5.90. The Kier molecular flexibility index (Phi) is 3.29. The quantitative estimate of drug-likeness (QED) is 0.810. The van der Waals surface area contributed by atoms with Gasteiger partial charge < -0.3 is 9.30 Å². The molecule has 3 nitrogen and oxygen atoms in total. The maximum atomic E-state index is 11.4. The molecule has 0 radical (unpaired) electrons. The summed E-state index contributed by atoms with van der Waals surface area (Å²) in [6.07, 6.45) is 1.90. The smallest absolute Gasteiger partial charge is 0.325 e. The van der Waals surface area contributed by atoms with Gasteiger partial charge >= 0.3 is 5.97 Å². The second-order valence-electron chi connectivity index (χ2n) is 3.45. The summed E-state index contributed by atoms with van der Waals surface area (Å²) in [6.45, 7) is 2.48. The number of hydrogen-bond acceptors (Lipinski definition) is 2. The second-order valence-corrected chi connectivity index (χ2v) is 4.37. The average Bonchev–Trinajstić information content (AvgIpc) is 2.61. The van der Waals surface area contributed by atoms with Crippen molar-refractivity contribution in [3.8, 4) is 0 Å². The van der Waals surface area contributed by atoms with Crippen molar-refractivity contribution in [1.29, 1.82) is 0 Å². The summed E-state index contributed by atoms with van der Waals surface area (Å²) >= 11 is 3.42. The SMILES string of the molecule is CCOC(=O)Cn1ccc2ccc(Br)cc21. The van der Waals surface area contributed by atoms with Crippen LogP contribution in [-0.4, -0.2) is 17.1 Å². The van der Waals surface area contributed by atoms with Crippen LogP contribution in [-0.2, 0) is 16.1 Å². The topological polar surface area (TPSA) is 31.2 Å². The molecule has 0 spiro atoms. The minimum Gasteiger partial charge on any atom is -0.465 e. The largest absolute Gasteiger partial charge is 0.465 e. The number of hydrogen-bond donors (Lipinski definition) is 0. The van der Waals surface area contributed by atoms with Gasteiger partial charge in [-0.1, -0.05) is 22.0 Å². The van der Waals surface area contributed by atoms with Crippen LogP contribution in [0.15, 0.2) is 34.9 Å². The van der Waals surface area contributed by atoms with E-state index in [-0.39, 0.29) is 12.5 Å². The fourth-order valence-electron chi connectivity index (χ4n) is 1.64. The first-order chi connectivity index (χ1) is 7.70. The zero-order chi connectivity index (χ0) is 11.5. The molecular weight excluding hydrogens is 270 g/mol. The van der Waals surface area contributed by atoms with Crippen molar-refractivity contribution in [2.75, 3.05) is 6.61 Å². The highest BCUT2D eigenvalue weighted by atomic mass is 79.9. The number of halogens is 1. The molecule has 0 atom stereocenters. The summed E-state index contributed by atoms with van der Waals surface area (Å²) in [5, 5.41) is 1.12. The number of rotatable bonds is 3. The molecule has 0 aliphatic rings. The number of aromatic nitrogens is 1. The van der Waals surface area contributed by atoms with E-state index in [0.717, 1.165) is 15.4 Å². The summed E-state index contributed by atoms with van der Waals surface area (Å²) in [7, 11) is 0. The number of carbonyl (C=O) groups excluding carboxylic acids is 1. The maximum Gasteiger partial charge on any atom is 0.325 e. The summed E-state index contributed by atoms with van der Waals surface area (Å²) in [6, 6.07) is 7.98. The van der Waals surface area contributed by atoms with E-state index in [1.54, 1.807) is 0 Å². The zero-order valence-corrected chi connectivity index (χ0v) is 10.5. The lowest BCUT2D eigenvalue weighted by atomic mass is 10.2. The number of nitrogens with zero attached hydrogens (tertiary/aromatic N) is 1. The van der Waals surface area contributed by atoms with Gasteiger partial charge in [-0.3, -0.25) is 4.79 Å². The molecule has 0 aliphatic carbocycles. The Balaban J connectivity index is 2.30. The Morgan fingerprint density at radius 2 is 2.25 bits per heavy atom. The van der Waals surface area contributed by atoms with Gasteiger partial charge in [-0.2, -0.15) is 0 Å². The van der Waals surface area contributed by atoms with E-state index < -0.39 is 0 Å². The van der Waals surface area contributed by atoms with Crippen molar-refractivity contribution in [3.63, 3.8) is 0 Å². The fourth-order valence-corrected chi connectivity index (χ4v) is 1.99. The number of fused-ring (bicyclic) bond motifs is 1. The third-order valence-corrected chi connectivity index (χ3v) is 2.83. The Labute approximate surface area is 102 Å². The van der Waals surface area contributed by atoms with Gasteiger partial charge in [0.2, 0.25) is 0 Å². The van der Waals surface area contributed by atoms with Crippen molar-refractivity contribution in [2.24, 2.45) is 0 Å². The normalized spacial score (nSPS) is 10.6. The molecule has 0 aliphatic heterocycles. The Hall–Kier alpha value is -1.29. The molecule has 1 aromatic heterocycles. The number of benzene rings is 1. The summed E-state index contributed by atoms with van der Waals surface area (Å²) < 4.78 is 7.81. The first-order valence-electron chi connectivity index (χ1n) is 5.10. The zero-order valence-electron chi connectivity index (χ0n) is 8.94. The van der Waals surface area contributed by atoms with Crippen LogP contribution in [0.4, 0.5) is 0 Å². The molecule has 2 aromatic rings. The first kappa shape index (κ1) is 11.2. The van der Waals surface area contributed by atoms with E-state index in [1.165, 1.54) is 0 Å². The van der Waals surface area contributed by atoms with Crippen molar-refractivity contribution in [2.45, 2.75) is 13.5 Å². The van der Waals surface area contributed by atoms with E-state index >= 15 is 0 Å². The molecule has 4 heteroatoms. The summed E-state index contributed by atoms with van der Waals surface area (Å²) in [5.41, 5.74) is 1.03. The van der Waals surface area contributed by atoms with Crippen LogP contribution in [0.5, 0.6) is 0 Å². The molecule has 84 valence electrons. The van der Waals surface area contributed by atoms with Crippen LogP contribution in [0.1, 0.15) is 6.92 Å². The molecule has 0 bridgehead atoms. The monoisotopic (exact) mass is 281 g/mol. The van der Waals surface area contributed by atoms with E-state index in [0.29, 0.717) is 6.61 Å². The molecule has 0 amide bonds. The molecule has 0 saturated carbocycles. The van der Waals surface area contributed by atoms with Crippen LogP contribution >= 0.6 is 15.9 Å². The number of esters is 1. The summed E-state index contributed by atoms with van der Waals surface area (Å²) in [5.74, 6) is -0.208. The molecule has 1 heterocycles. The van der Waals surface area contributed by atoms with Crippen molar-refractivity contribution < 1.29 is 9.53 Å². The molecule has 0 saturated heterocycles. The molecule has 0 fully saturated rings. The minimum absolute atomic E-state index is 0.208. The van der Waals surface area contributed by atoms with E-state index in [2.05, 4.69) is 15.9 Å². The highest BCUT2D eigenvalue weighted by molar-refractivity contribution is 9.10. The Morgan fingerprint density at radius 1 is 1.44 bits per heavy atom. The predicted molar refractivity (Wildman–Crippen MR) is 66.3 cm³/mol. The van der Waals surface area contributed by atoms with Crippen molar-refractivity contribution in [3.05, 3.63) is 34.9 Å². The lowest BCUT2D eigenvalue weighted by Crippen LogP contribution is -2.12. The molecule has 0 unspecified atom stereocenters. The van der Waals surface area contributed by atoms with Gasteiger partial charge in [0.25, 0.3) is 0 Å². The van der Waals surface area contributed by atoms with Crippen LogP contribution in [0.25, 0.3) is 10.9 Å². The standard InChI is InChI=1S/C12H12BrNO2/c1-2-16-12(15)8-14-6-5-9-3-4-10(13)7-11(9)14/h3-7H,2,8H2,1H3. The molecule has 16 heavy (non-hydrogen) atoms. The van der Waals surface area contributed by atoms with E-state index in [9.17, 15) is 4.79 Å². The van der Waals surface area contributed by atoms with Crippen LogP contribution in [0, 0.1) is 0 Å². The third kappa shape index (κ3) is 2.27.